The zero-order valence-electron chi connectivity index (χ0n) is 22.1. The fraction of sp³-hybridized carbons (Fsp3) is 0.429. The van der Waals surface area contributed by atoms with E-state index in [0.717, 1.165) is 63.0 Å². The predicted molar refractivity (Wildman–Crippen MR) is 157 cm³/mol. The first-order valence-corrected chi connectivity index (χ1v) is 14.1. The molecule has 206 valence electrons. The van der Waals surface area contributed by atoms with Gasteiger partial charge in [-0.25, -0.2) is 5.43 Å². The van der Waals surface area contributed by atoms with E-state index >= 15 is 0 Å². The van der Waals surface area contributed by atoms with Gasteiger partial charge in [0.2, 0.25) is 17.8 Å². The molecule has 0 saturated carbocycles. The predicted octanol–water partition coefficient (Wildman–Crippen LogP) is 6.19. The van der Waals surface area contributed by atoms with Crippen molar-refractivity contribution in [3.8, 4) is 11.5 Å². The second-order valence-electron chi connectivity index (χ2n) is 9.66. The average Bonchev–Trinajstić information content (AvgIpc) is 2.98. The molecule has 0 amide bonds. The van der Waals surface area contributed by atoms with Crippen molar-refractivity contribution in [2.24, 2.45) is 5.10 Å². The summed E-state index contributed by atoms with van der Waals surface area (Å²) in [7, 11) is 1.60. The quantitative estimate of drug-likeness (QED) is 0.241. The third kappa shape index (κ3) is 7.22. The van der Waals surface area contributed by atoms with Crippen LogP contribution in [0.5, 0.6) is 11.5 Å². The lowest BCUT2D eigenvalue weighted by atomic mass is 10.1. The molecule has 2 aliphatic heterocycles. The van der Waals surface area contributed by atoms with E-state index < -0.39 is 0 Å². The summed E-state index contributed by atoms with van der Waals surface area (Å²) in [4.78, 5) is 18.7. The molecule has 0 bridgehead atoms. The molecule has 2 aromatic carbocycles. The van der Waals surface area contributed by atoms with Crippen LogP contribution >= 0.6 is 23.2 Å². The molecule has 5 rings (SSSR count). The van der Waals surface area contributed by atoms with E-state index in [-0.39, 0.29) is 0 Å². The number of ether oxygens (including phenoxy) is 2. The molecule has 0 radical (unpaired) electrons. The molecule has 0 atom stereocenters. The van der Waals surface area contributed by atoms with Gasteiger partial charge in [-0.05, 0) is 74.4 Å². The highest BCUT2D eigenvalue weighted by Gasteiger charge is 2.20. The Kier molecular flexibility index (Phi) is 9.21. The minimum Gasteiger partial charge on any atom is -0.493 e. The van der Waals surface area contributed by atoms with Gasteiger partial charge in [0.05, 0.1) is 13.3 Å². The van der Waals surface area contributed by atoms with Crippen LogP contribution in [0.4, 0.5) is 17.8 Å². The van der Waals surface area contributed by atoms with Crippen LogP contribution in [0, 0.1) is 0 Å². The van der Waals surface area contributed by atoms with E-state index in [1.165, 1.54) is 12.8 Å². The molecule has 2 fully saturated rings. The number of benzene rings is 2. The highest BCUT2D eigenvalue weighted by atomic mass is 35.5. The lowest BCUT2D eigenvalue weighted by Crippen LogP contribution is -2.34. The number of rotatable bonds is 9. The molecule has 39 heavy (non-hydrogen) atoms. The lowest BCUT2D eigenvalue weighted by Gasteiger charge is -2.30. The number of anilines is 3. The van der Waals surface area contributed by atoms with Crippen LogP contribution in [0.15, 0.2) is 41.5 Å². The number of hydrazone groups is 1. The van der Waals surface area contributed by atoms with Crippen LogP contribution in [-0.2, 0) is 6.61 Å². The molecule has 9 nitrogen and oxygen atoms in total. The summed E-state index contributed by atoms with van der Waals surface area (Å²) >= 11 is 12.3. The Balaban J connectivity index is 1.28. The standard InChI is InChI=1S/C28H33Cl2N7O2/c1-38-25-16-20(8-11-24(25)39-19-21-9-10-22(29)17-23(21)30)18-31-35-26-32-27(36-12-4-2-5-13-36)34-28(33-26)37-14-6-3-7-15-37/h8-11,16-18H,2-7,12-15,19H2,1H3,(H,32,33,34,35)/b31-18-. The number of nitrogens with zero attached hydrogens (tertiary/aromatic N) is 6. The third-order valence-electron chi connectivity index (χ3n) is 6.85. The van der Waals surface area contributed by atoms with Gasteiger partial charge in [-0.1, -0.05) is 29.3 Å². The number of hydrogen-bond acceptors (Lipinski definition) is 9. The summed E-state index contributed by atoms with van der Waals surface area (Å²) in [6.45, 7) is 4.14. The molecular weight excluding hydrogens is 537 g/mol. The highest BCUT2D eigenvalue weighted by molar-refractivity contribution is 6.35. The molecule has 0 unspecified atom stereocenters. The summed E-state index contributed by atoms with van der Waals surface area (Å²) in [6.07, 6.45) is 8.81. The Morgan fingerprint density at radius 3 is 2.13 bits per heavy atom. The topological polar surface area (TPSA) is 88.0 Å². The molecule has 0 aliphatic carbocycles. The molecule has 1 aromatic heterocycles. The second kappa shape index (κ2) is 13.2. The summed E-state index contributed by atoms with van der Waals surface area (Å²) in [5.74, 6) is 3.06. The van der Waals surface area contributed by atoms with Crippen molar-refractivity contribution in [2.45, 2.75) is 45.1 Å². The maximum Gasteiger partial charge on any atom is 0.250 e. The molecule has 3 aromatic rings. The summed E-state index contributed by atoms with van der Waals surface area (Å²) < 4.78 is 11.5. The Bertz CT molecular complexity index is 1260. The smallest absolute Gasteiger partial charge is 0.250 e. The SMILES string of the molecule is COc1cc(/C=N\Nc2nc(N3CCCCC3)nc(N3CCCCC3)n2)ccc1OCc1ccc(Cl)cc1Cl. The second-order valence-corrected chi connectivity index (χ2v) is 10.5. The first-order valence-electron chi connectivity index (χ1n) is 13.4. The van der Waals surface area contributed by atoms with Gasteiger partial charge in [0.25, 0.3) is 0 Å². The van der Waals surface area contributed by atoms with Gasteiger partial charge >= 0.3 is 0 Å². The van der Waals surface area contributed by atoms with E-state index in [1.807, 2.05) is 24.3 Å². The van der Waals surface area contributed by atoms with Crippen LogP contribution in [0.1, 0.15) is 49.7 Å². The van der Waals surface area contributed by atoms with Crippen molar-refractivity contribution in [3.63, 3.8) is 0 Å². The van der Waals surface area contributed by atoms with Crippen molar-refractivity contribution >= 4 is 47.3 Å². The lowest BCUT2D eigenvalue weighted by molar-refractivity contribution is 0.284. The van der Waals surface area contributed by atoms with Crippen LogP contribution in [0.25, 0.3) is 0 Å². The zero-order chi connectivity index (χ0) is 27.0. The van der Waals surface area contributed by atoms with Gasteiger partial charge in [0.1, 0.15) is 6.61 Å². The summed E-state index contributed by atoms with van der Waals surface area (Å²) in [6, 6.07) is 10.9. The third-order valence-corrected chi connectivity index (χ3v) is 7.44. The Labute approximate surface area is 239 Å². The Hall–Kier alpha value is -3.30. The zero-order valence-corrected chi connectivity index (χ0v) is 23.6. The van der Waals surface area contributed by atoms with Crippen LogP contribution in [-0.4, -0.2) is 54.5 Å². The monoisotopic (exact) mass is 569 g/mol. The first kappa shape index (κ1) is 27.3. The molecule has 2 aliphatic rings. The van der Waals surface area contributed by atoms with Crippen LogP contribution < -0.4 is 24.7 Å². The van der Waals surface area contributed by atoms with E-state index in [4.69, 9.17) is 37.7 Å². The molecule has 2 saturated heterocycles. The van der Waals surface area contributed by atoms with Gasteiger partial charge in [0, 0.05) is 41.8 Å². The van der Waals surface area contributed by atoms with Gasteiger partial charge in [-0.3, -0.25) is 0 Å². The first-order chi connectivity index (χ1) is 19.1. The maximum absolute atomic E-state index is 6.27. The van der Waals surface area contributed by atoms with Crippen LogP contribution in [0.2, 0.25) is 10.0 Å². The van der Waals surface area contributed by atoms with E-state index in [2.05, 4.69) is 30.3 Å². The molecule has 1 N–H and O–H groups in total. The van der Waals surface area contributed by atoms with Crippen LogP contribution in [0.3, 0.4) is 0 Å². The van der Waals surface area contributed by atoms with Gasteiger partial charge < -0.3 is 19.3 Å². The normalized spacial score (nSPS) is 16.0. The van der Waals surface area contributed by atoms with Crippen molar-refractivity contribution < 1.29 is 9.47 Å². The molecule has 0 spiro atoms. The van der Waals surface area contributed by atoms with E-state index in [9.17, 15) is 0 Å². The van der Waals surface area contributed by atoms with E-state index in [1.54, 1.807) is 25.5 Å². The van der Waals surface area contributed by atoms with Gasteiger partial charge in [-0.2, -0.15) is 20.1 Å². The van der Waals surface area contributed by atoms with Gasteiger partial charge in [-0.15, -0.1) is 0 Å². The molecule has 3 heterocycles. The van der Waals surface area contributed by atoms with Crippen molar-refractivity contribution in [2.75, 3.05) is 48.5 Å². The summed E-state index contributed by atoms with van der Waals surface area (Å²) in [5, 5.41) is 5.55. The largest absolute Gasteiger partial charge is 0.493 e. The van der Waals surface area contributed by atoms with E-state index in [0.29, 0.717) is 46.0 Å². The average molecular weight is 571 g/mol. The molecule has 11 heteroatoms. The minimum atomic E-state index is 0.291. The number of methoxy groups -OCH3 is 1. The maximum atomic E-state index is 6.27. The molecular formula is C28H33Cl2N7O2. The number of nitrogens with one attached hydrogen (secondary N) is 1. The van der Waals surface area contributed by atoms with Crippen molar-refractivity contribution in [3.05, 3.63) is 57.6 Å². The summed E-state index contributed by atoms with van der Waals surface area (Å²) in [5.41, 5.74) is 4.69. The fourth-order valence-corrected chi connectivity index (χ4v) is 5.18. The minimum absolute atomic E-state index is 0.291. The highest BCUT2D eigenvalue weighted by Crippen LogP contribution is 2.30. The van der Waals surface area contributed by atoms with Crippen molar-refractivity contribution in [1.82, 2.24) is 15.0 Å². The number of aromatic nitrogens is 3. The Morgan fingerprint density at radius 1 is 0.846 bits per heavy atom. The number of halogens is 2. The Morgan fingerprint density at radius 2 is 1.51 bits per heavy atom. The number of hydrogen-bond donors (Lipinski definition) is 1. The van der Waals surface area contributed by atoms with Crippen molar-refractivity contribution in [1.29, 1.82) is 0 Å². The fourth-order valence-electron chi connectivity index (χ4n) is 4.72. The number of piperidine rings is 2. The van der Waals surface area contributed by atoms with Gasteiger partial charge in [0.15, 0.2) is 11.5 Å².